The van der Waals surface area contributed by atoms with Crippen molar-refractivity contribution in [3.63, 3.8) is 0 Å². The highest BCUT2D eigenvalue weighted by Gasteiger charge is 2.27. The van der Waals surface area contributed by atoms with Gasteiger partial charge in [0.2, 0.25) is 0 Å². The number of carboxylic acids is 1. The zero-order valence-electron chi connectivity index (χ0n) is 17.6. The third-order valence-electron chi connectivity index (χ3n) is 5.83. The maximum absolute atomic E-state index is 11.2. The Morgan fingerprint density at radius 1 is 1.10 bits per heavy atom. The second-order valence-corrected chi connectivity index (χ2v) is 7.93. The summed E-state index contributed by atoms with van der Waals surface area (Å²) >= 11 is 0. The van der Waals surface area contributed by atoms with Gasteiger partial charge in [0.1, 0.15) is 5.82 Å². The number of aliphatic carboxylic acids is 1. The average Bonchev–Trinajstić information content (AvgIpc) is 2.82. The molecular weight excluding hydrogens is 388 g/mol. The molecule has 3 atom stereocenters. The van der Waals surface area contributed by atoms with Crippen LogP contribution < -0.4 is 16.0 Å². The molecule has 0 saturated heterocycles. The molecule has 3 aromatic rings. The number of hydrogen-bond acceptors (Lipinski definition) is 5. The van der Waals surface area contributed by atoms with Crippen molar-refractivity contribution in [3.8, 4) is 0 Å². The van der Waals surface area contributed by atoms with Gasteiger partial charge in [0.25, 0.3) is 0 Å². The minimum Gasteiger partial charge on any atom is -0.481 e. The number of pyridine rings is 1. The van der Waals surface area contributed by atoms with Crippen molar-refractivity contribution in [2.24, 2.45) is 0 Å². The Bertz CT molecular complexity index is 1010. The Balaban J connectivity index is 1.42. The lowest BCUT2D eigenvalue weighted by Gasteiger charge is -2.34. The molecule has 0 fully saturated rings. The van der Waals surface area contributed by atoms with Crippen LogP contribution in [-0.2, 0) is 11.2 Å². The van der Waals surface area contributed by atoms with Crippen LogP contribution in [-0.4, -0.2) is 35.2 Å². The minimum atomic E-state index is -0.801. The Hall–Kier alpha value is -3.38. The van der Waals surface area contributed by atoms with E-state index in [-0.39, 0.29) is 12.1 Å². The smallest absolute Gasteiger partial charge is 0.310 e. The highest BCUT2D eigenvalue weighted by atomic mass is 16.4. The van der Waals surface area contributed by atoms with Gasteiger partial charge in [-0.25, -0.2) is 4.98 Å². The number of anilines is 2. The summed E-state index contributed by atoms with van der Waals surface area (Å²) in [5.74, 6) is -0.412. The summed E-state index contributed by atoms with van der Waals surface area (Å²) in [6, 6.07) is 22.6. The molecule has 0 aliphatic carbocycles. The van der Waals surface area contributed by atoms with Gasteiger partial charge < -0.3 is 21.1 Å². The van der Waals surface area contributed by atoms with E-state index in [0.717, 1.165) is 36.6 Å². The van der Waals surface area contributed by atoms with E-state index >= 15 is 0 Å². The molecule has 4 rings (SSSR count). The van der Waals surface area contributed by atoms with Gasteiger partial charge in [0.15, 0.2) is 0 Å². The Labute approximate surface area is 182 Å². The first-order chi connectivity index (χ1) is 15.1. The van der Waals surface area contributed by atoms with Crippen LogP contribution in [0, 0.1) is 0 Å². The van der Waals surface area contributed by atoms with Crippen molar-refractivity contribution in [2.45, 2.75) is 31.3 Å². The lowest BCUT2D eigenvalue weighted by atomic mass is 9.97. The van der Waals surface area contributed by atoms with E-state index in [1.807, 2.05) is 42.5 Å². The highest BCUT2D eigenvalue weighted by molar-refractivity contribution is 5.75. The number of fused-ring (bicyclic) bond motifs is 1. The number of benzene rings is 2. The topological polar surface area (TPSA) is 86.3 Å². The van der Waals surface area contributed by atoms with Crippen molar-refractivity contribution >= 4 is 17.5 Å². The molecule has 0 unspecified atom stereocenters. The SMILES string of the molecule is C[C@@H](C(=O)O)c1ccc(CCN[C@H](c2ccccc2)[C@H]2CNc3cccnc3N2)cc1. The fourth-order valence-electron chi connectivity index (χ4n) is 3.95. The molecule has 31 heavy (non-hydrogen) atoms. The van der Waals surface area contributed by atoms with E-state index in [0.29, 0.717) is 0 Å². The van der Waals surface area contributed by atoms with Crippen LogP contribution in [0.5, 0.6) is 0 Å². The summed E-state index contributed by atoms with van der Waals surface area (Å²) in [5.41, 5.74) is 4.27. The number of nitrogens with one attached hydrogen (secondary N) is 3. The standard InChI is InChI=1S/C25H28N4O2/c1-17(25(30)31)19-11-9-18(10-12-19)13-15-26-23(20-6-3-2-4-7-20)22-16-28-21-8-5-14-27-24(21)29-22/h2-12,14,17,22-23,26,28H,13,15-16H2,1H3,(H,27,29)(H,30,31)/t17-,22-,23-/m1/s1. The quantitative estimate of drug-likeness (QED) is 0.443. The molecule has 1 aliphatic rings. The number of aromatic nitrogens is 1. The summed E-state index contributed by atoms with van der Waals surface area (Å²) in [7, 11) is 0. The van der Waals surface area contributed by atoms with Crippen molar-refractivity contribution in [1.82, 2.24) is 10.3 Å². The van der Waals surface area contributed by atoms with Crippen LogP contribution in [0.3, 0.4) is 0 Å². The molecule has 0 saturated carbocycles. The first kappa shape index (κ1) is 20.9. The van der Waals surface area contributed by atoms with E-state index in [1.165, 1.54) is 11.1 Å². The Morgan fingerprint density at radius 3 is 2.61 bits per heavy atom. The van der Waals surface area contributed by atoms with Crippen LogP contribution in [0.25, 0.3) is 0 Å². The van der Waals surface area contributed by atoms with Gasteiger partial charge in [0, 0.05) is 12.7 Å². The number of carboxylic acid groups (broad SMARTS) is 1. The zero-order chi connectivity index (χ0) is 21.6. The summed E-state index contributed by atoms with van der Waals surface area (Å²) in [6.45, 7) is 3.31. The van der Waals surface area contributed by atoms with Crippen molar-refractivity contribution in [1.29, 1.82) is 0 Å². The predicted molar refractivity (Wildman–Crippen MR) is 124 cm³/mol. The first-order valence-corrected chi connectivity index (χ1v) is 10.7. The summed E-state index contributed by atoms with van der Waals surface area (Å²) in [5, 5.41) is 20.0. The molecule has 0 amide bonds. The second kappa shape index (κ2) is 9.62. The van der Waals surface area contributed by atoms with Crippen LogP contribution >= 0.6 is 0 Å². The molecule has 1 aliphatic heterocycles. The van der Waals surface area contributed by atoms with Gasteiger partial charge in [0.05, 0.1) is 23.7 Å². The lowest BCUT2D eigenvalue weighted by molar-refractivity contribution is -0.138. The molecule has 1 aromatic heterocycles. The van der Waals surface area contributed by atoms with Crippen LogP contribution in [0.15, 0.2) is 72.9 Å². The van der Waals surface area contributed by atoms with Gasteiger partial charge in [-0.1, -0.05) is 54.6 Å². The molecule has 2 aromatic carbocycles. The summed E-state index contributed by atoms with van der Waals surface area (Å²) in [6.07, 6.45) is 2.66. The maximum Gasteiger partial charge on any atom is 0.310 e. The average molecular weight is 417 g/mol. The zero-order valence-corrected chi connectivity index (χ0v) is 17.6. The number of nitrogens with zero attached hydrogens (tertiary/aromatic N) is 1. The summed E-state index contributed by atoms with van der Waals surface area (Å²) in [4.78, 5) is 15.6. The lowest BCUT2D eigenvalue weighted by Crippen LogP contribution is -2.44. The van der Waals surface area contributed by atoms with Gasteiger partial charge >= 0.3 is 5.97 Å². The maximum atomic E-state index is 11.2. The Kier molecular flexibility index (Phi) is 6.48. The number of hydrogen-bond donors (Lipinski definition) is 4. The van der Waals surface area contributed by atoms with Gasteiger partial charge in [-0.15, -0.1) is 0 Å². The first-order valence-electron chi connectivity index (χ1n) is 10.7. The normalized spacial score (nSPS) is 17.0. The largest absolute Gasteiger partial charge is 0.481 e. The molecule has 6 heteroatoms. The van der Waals surface area contributed by atoms with Crippen LogP contribution in [0.2, 0.25) is 0 Å². The minimum absolute atomic E-state index is 0.121. The molecule has 0 spiro atoms. The van der Waals surface area contributed by atoms with E-state index in [4.69, 9.17) is 0 Å². The van der Waals surface area contributed by atoms with Crippen molar-refractivity contribution in [2.75, 3.05) is 23.7 Å². The molecule has 4 N–H and O–H groups in total. The highest BCUT2D eigenvalue weighted by Crippen LogP contribution is 2.28. The van der Waals surface area contributed by atoms with E-state index in [9.17, 15) is 9.90 Å². The van der Waals surface area contributed by atoms with Crippen LogP contribution in [0.4, 0.5) is 11.5 Å². The van der Waals surface area contributed by atoms with Gasteiger partial charge in [-0.3, -0.25) is 4.79 Å². The monoisotopic (exact) mass is 416 g/mol. The number of carbonyl (C=O) groups is 1. The van der Waals surface area contributed by atoms with E-state index in [1.54, 1.807) is 13.1 Å². The third kappa shape index (κ3) is 5.03. The molecule has 2 heterocycles. The molecule has 0 radical (unpaired) electrons. The fraction of sp³-hybridized carbons (Fsp3) is 0.280. The van der Waals surface area contributed by atoms with Crippen LogP contribution in [0.1, 0.15) is 35.6 Å². The van der Waals surface area contributed by atoms with E-state index < -0.39 is 11.9 Å². The molecule has 160 valence electrons. The predicted octanol–water partition coefficient (Wildman–Crippen LogP) is 4.05. The van der Waals surface area contributed by atoms with Gasteiger partial charge in [-0.2, -0.15) is 0 Å². The van der Waals surface area contributed by atoms with Gasteiger partial charge in [-0.05, 0) is 48.7 Å². The second-order valence-electron chi connectivity index (χ2n) is 7.93. The van der Waals surface area contributed by atoms with Crippen molar-refractivity contribution in [3.05, 3.63) is 89.6 Å². The third-order valence-corrected chi connectivity index (χ3v) is 5.83. The fourth-order valence-corrected chi connectivity index (χ4v) is 3.95. The number of rotatable bonds is 8. The Morgan fingerprint density at radius 2 is 1.87 bits per heavy atom. The molecule has 6 nitrogen and oxygen atoms in total. The molecular formula is C25H28N4O2. The summed E-state index contributed by atoms with van der Waals surface area (Å²) < 4.78 is 0. The van der Waals surface area contributed by atoms with E-state index in [2.05, 4.69) is 45.2 Å². The molecule has 0 bridgehead atoms. The van der Waals surface area contributed by atoms with Crippen molar-refractivity contribution < 1.29 is 9.90 Å².